The highest BCUT2D eigenvalue weighted by Crippen LogP contribution is 2.25. The Morgan fingerprint density at radius 1 is 1.18 bits per heavy atom. The molecule has 2 rings (SSSR count). The van der Waals surface area contributed by atoms with E-state index in [0.717, 1.165) is 0 Å². The molecule has 0 fully saturated rings. The molecule has 0 aliphatic heterocycles. The normalized spacial score (nSPS) is 10.1. The Bertz CT molecular complexity index is 534. The van der Waals surface area contributed by atoms with Crippen molar-refractivity contribution in [3.05, 3.63) is 41.4 Å². The van der Waals surface area contributed by atoms with Crippen molar-refractivity contribution in [1.29, 1.82) is 0 Å². The fraction of sp³-hybridized carbons (Fsp3) is 0. The Morgan fingerprint density at radius 3 is 2.65 bits per heavy atom. The zero-order chi connectivity index (χ0) is 12.3. The number of nitrogens with two attached hydrogens (primary N) is 1. The number of aromatic nitrogens is 2. The van der Waals surface area contributed by atoms with Crippen LogP contribution in [0.4, 0.5) is 21.7 Å². The first-order chi connectivity index (χ1) is 8.19. The second-order valence-corrected chi connectivity index (χ2v) is 3.59. The smallest absolute Gasteiger partial charge is 0.145 e. The van der Waals surface area contributed by atoms with Crippen molar-refractivity contribution in [2.45, 2.75) is 0 Å². The molecule has 1 aromatic carbocycles. The maximum Gasteiger partial charge on any atom is 0.145 e. The van der Waals surface area contributed by atoms with Crippen LogP contribution in [0.2, 0.25) is 5.02 Å². The molecule has 0 amide bonds. The quantitative estimate of drug-likeness (QED) is 0.578. The molecule has 0 spiro atoms. The summed E-state index contributed by atoms with van der Waals surface area (Å²) in [4.78, 5) is 7.83. The molecule has 7 heteroatoms. The monoisotopic (exact) mass is 253 g/mol. The van der Waals surface area contributed by atoms with Gasteiger partial charge in [0.1, 0.15) is 23.8 Å². The van der Waals surface area contributed by atoms with Gasteiger partial charge in [0.15, 0.2) is 0 Å². The van der Waals surface area contributed by atoms with Crippen LogP contribution in [-0.2, 0) is 0 Å². The van der Waals surface area contributed by atoms with Gasteiger partial charge in [-0.1, -0.05) is 11.6 Å². The molecule has 1 heterocycles. The number of hydrazine groups is 1. The Balaban J connectivity index is 2.25. The Labute approximate surface area is 102 Å². The van der Waals surface area contributed by atoms with Gasteiger partial charge in [-0.05, 0) is 18.2 Å². The van der Waals surface area contributed by atoms with Crippen LogP contribution in [0.25, 0.3) is 0 Å². The molecule has 2 aromatic rings. The van der Waals surface area contributed by atoms with Gasteiger partial charge in [-0.15, -0.1) is 0 Å². The molecular weight excluding hydrogens is 245 g/mol. The van der Waals surface area contributed by atoms with Gasteiger partial charge < -0.3 is 10.7 Å². The Morgan fingerprint density at radius 2 is 1.94 bits per heavy atom. The van der Waals surface area contributed by atoms with Gasteiger partial charge in [-0.2, -0.15) is 0 Å². The molecule has 0 saturated carbocycles. The third kappa shape index (κ3) is 2.80. The molecule has 88 valence electrons. The lowest BCUT2D eigenvalue weighted by Gasteiger charge is -2.08. The van der Waals surface area contributed by atoms with Crippen molar-refractivity contribution in [1.82, 2.24) is 9.97 Å². The first kappa shape index (κ1) is 11.6. The number of rotatable bonds is 3. The van der Waals surface area contributed by atoms with Crippen molar-refractivity contribution < 1.29 is 4.39 Å². The van der Waals surface area contributed by atoms with Crippen molar-refractivity contribution in [3.8, 4) is 0 Å². The largest absolute Gasteiger partial charge is 0.339 e. The second kappa shape index (κ2) is 4.94. The van der Waals surface area contributed by atoms with Crippen LogP contribution in [0.5, 0.6) is 0 Å². The number of nitrogens with zero attached hydrogens (tertiary/aromatic N) is 2. The molecule has 0 aliphatic carbocycles. The summed E-state index contributed by atoms with van der Waals surface area (Å²) in [7, 11) is 0. The summed E-state index contributed by atoms with van der Waals surface area (Å²) in [5.74, 6) is 5.78. The third-order valence-electron chi connectivity index (χ3n) is 2.01. The van der Waals surface area contributed by atoms with Gasteiger partial charge in [0, 0.05) is 6.07 Å². The predicted octanol–water partition coefficient (Wildman–Crippen LogP) is 2.30. The number of benzene rings is 1. The number of anilines is 3. The van der Waals surface area contributed by atoms with Gasteiger partial charge >= 0.3 is 0 Å². The maximum absolute atomic E-state index is 12.8. The zero-order valence-corrected chi connectivity index (χ0v) is 9.37. The standard InChI is InChI=1S/C10H9ClFN5/c11-7-3-6(12)1-2-8(7)16-9-4-10(17-13)15-5-14-9/h1-5H,13H2,(H2,14,15,16,17). The van der Waals surface area contributed by atoms with Crippen LogP contribution < -0.4 is 16.6 Å². The molecule has 0 atom stereocenters. The SMILES string of the molecule is NNc1cc(Nc2ccc(F)cc2Cl)ncn1. The summed E-state index contributed by atoms with van der Waals surface area (Å²) in [6.07, 6.45) is 1.34. The lowest BCUT2D eigenvalue weighted by atomic mass is 10.3. The summed E-state index contributed by atoms with van der Waals surface area (Å²) in [6, 6.07) is 5.64. The minimum absolute atomic E-state index is 0.269. The minimum atomic E-state index is -0.396. The van der Waals surface area contributed by atoms with E-state index >= 15 is 0 Å². The Kier molecular flexibility index (Phi) is 3.36. The lowest BCUT2D eigenvalue weighted by molar-refractivity contribution is 0.628. The highest BCUT2D eigenvalue weighted by molar-refractivity contribution is 6.33. The van der Waals surface area contributed by atoms with Crippen molar-refractivity contribution in [3.63, 3.8) is 0 Å². The first-order valence-corrected chi connectivity index (χ1v) is 5.07. The van der Waals surface area contributed by atoms with Gasteiger partial charge in [-0.3, -0.25) is 0 Å². The minimum Gasteiger partial charge on any atom is -0.339 e. The van der Waals surface area contributed by atoms with E-state index in [4.69, 9.17) is 17.4 Å². The van der Waals surface area contributed by atoms with Gasteiger partial charge in [0.25, 0.3) is 0 Å². The first-order valence-electron chi connectivity index (χ1n) is 4.70. The topological polar surface area (TPSA) is 75.9 Å². The van der Waals surface area contributed by atoms with E-state index in [1.54, 1.807) is 6.07 Å². The molecule has 1 aromatic heterocycles. The molecular formula is C10H9ClFN5. The fourth-order valence-corrected chi connectivity index (χ4v) is 1.45. The number of hydrogen-bond acceptors (Lipinski definition) is 5. The average Bonchev–Trinajstić information content (AvgIpc) is 2.33. The zero-order valence-electron chi connectivity index (χ0n) is 8.61. The van der Waals surface area contributed by atoms with E-state index in [-0.39, 0.29) is 5.02 Å². The summed E-state index contributed by atoms with van der Waals surface area (Å²) in [6.45, 7) is 0. The van der Waals surface area contributed by atoms with Crippen LogP contribution in [0.3, 0.4) is 0 Å². The predicted molar refractivity (Wildman–Crippen MR) is 64.5 cm³/mol. The van der Waals surface area contributed by atoms with Crippen LogP contribution in [0, 0.1) is 5.82 Å². The summed E-state index contributed by atoms with van der Waals surface area (Å²) < 4.78 is 12.8. The van der Waals surface area contributed by atoms with E-state index in [2.05, 4.69) is 20.7 Å². The van der Waals surface area contributed by atoms with E-state index < -0.39 is 5.82 Å². The number of hydrogen-bond donors (Lipinski definition) is 3. The third-order valence-corrected chi connectivity index (χ3v) is 2.32. The number of halogens is 2. The van der Waals surface area contributed by atoms with Crippen molar-refractivity contribution in [2.24, 2.45) is 5.84 Å². The maximum atomic E-state index is 12.8. The van der Waals surface area contributed by atoms with Gasteiger partial charge in [0.2, 0.25) is 0 Å². The Hall–Kier alpha value is -1.92. The average molecular weight is 254 g/mol. The molecule has 0 bridgehead atoms. The van der Waals surface area contributed by atoms with Crippen molar-refractivity contribution >= 4 is 28.9 Å². The van der Waals surface area contributed by atoms with E-state index in [1.165, 1.54) is 24.5 Å². The van der Waals surface area contributed by atoms with Crippen LogP contribution in [-0.4, -0.2) is 9.97 Å². The molecule has 0 aliphatic rings. The van der Waals surface area contributed by atoms with Crippen LogP contribution in [0.1, 0.15) is 0 Å². The van der Waals surface area contributed by atoms with E-state index in [0.29, 0.717) is 17.3 Å². The molecule has 0 saturated heterocycles. The molecule has 0 radical (unpaired) electrons. The van der Waals surface area contributed by atoms with Crippen LogP contribution >= 0.6 is 11.6 Å². The fourth-order valence-electron chi connectivity index (χ4n) is 1.23. The molecule has 0 unspecified atom stereocenters. The highest BCUT2D eigenvalue weighted by Gasteiger charge is 2.03. The lowest BCUT2D eigenvalue weighted by Crippen LogP contribution is -2.09. The highest BCUT2D eigenvalue weighted by atomic mass is 35.5. The van der Waals surface area contributed by atoms with Gasteiger partial charge in [0.05, 0.1) is 10.7 Å². The molecule has 17 heavy (non-hydrogen) atoms. The van der Waals surface area contributed by atoms with Crippen LogP contribution in [0.15, 0.2) is 30.6 Å². The summed E-state index contributed by atoms with van der Waals surface area (Å²) in [5, 5.41) is 3.20. The molecule has 4 N–H and O–H groups in total. The van der Waals surface area contributed by atoms with Gasteiger partial charge in [-0.25, -0.2) is 20.2 Å². The summed E-state index contributed by atoms with van der Waals surface area (Å²) >= 11 is 5.87. The number of nitrogens with one attached hydrogen (secondary N) is 2. The number of nitrogen functional groups attached to an aromatic ring is 1. The van der Waals surface area contributed by atoms with E-state index in [9.17, 15) is 4.39 Å². The summed E-state index contributed by atoms with van der Waals surface area (Å²) in [5.41, 5.74) is 2.94. The second-order valence-electron chi connectivity index (χ2n) is 3.18. The van der Waals surface area contributed by atoms with Crippen molar-refractivity contribution in [2.75, 3.05) is 10.7 Å². The molecule has 5 nitrogen and oxygen atoms in total. The van der Waals surface area contributed by atoms with E-state index in [1.807, 2.05) is 0 Å².